The molecule has 116 valence electrons. The summed E-state index contributed by atoms with van der Waals surface area (Å²) in [4.78, 5) is 12.1. The molecule has 0 radical (unpaired) electrons. The Morgan fingerprint density at radius 3 is 2.67 bits per heavy atom. The molecule has 1 amide bonds. The summed E-state index contributed by atoms with van der Waals surface area (Å²) in [5.41, 5.74) is 0. The lowest BCUT2D eigenvalue weighted by atomic mass is 9.87. The molecular formula is C16H21ClFNO2. The van der Waals surface area contributed by atoms with Crippen LogP contribution in [0.2, 0.25) is 5.02 Å². The molecule has 1 aliphatic rings. The number of rotatable bonds is 4. The molecule has 1 aromatic carbocycles. The van der Waals surface area contributed by atoms with E-state index in [0.29, 0.717) is 5.75 Å². The maximum Gasteiger partial charge on any atom is 0.260 e. The smallest absolute Gasteiger partial charge is 0.260 e. The van der Waals surface area contributed by atoms with Crippen molar-refractivity contribution in [1.29, 1.82) is 0 Å². The molecule has 0 aromatic heterocycles. The zero-order chi connectivity index (χ0) is 15.4. The quantitative estimate of drug-likeness (QED) is 0.914. The highest BCUT2D eigenvalue weighted by atomic mass is 35.5. The normalized spacial score (nSPS) is 23.4. The van der Waals surface area contributed by atoms with Crippen LogP contribution >= 0.6 is 11.6 Å². The third kappa shape index (κ3) is 4.60. The molecule has 1 fully saturated rings. The van der Waals surface area contributed by atoms with Gasteiger partial charge in [0.2, 0.25) is 0 Å². The van der Waals surface area contributed by atoms with E-state index in [2.05, 4.69) is 12.2 Å². The van der Waals surface area contributed by atoms with Gasteiger partial charge in [-0.05, 0) is 56.7 Å². The van der Waals surface area contributed by atoms with Crippen molar-refractivity contribution in [2.45, 2.75) is 51.7 Å². The first-order valence-electron chi connectivity index (χ1n) is 7.37. The SMILES string of the molecule is CC1CCC(NC(=O)C(C)Oc2ccc(F)cc2Cl)CC1. The first kappa shape index (κ1) is 16.1. The molecule has 1 atom stereocenters. The van der Waals surface area contributed by atoms with E-state index in [9.17, 15) is 9.18 Å². The van der Waals surface area contributed by atoms with Gasteiger partial charge in [0.25, 0.3) is 5.91 Å². The fraction of sp³-hybridized carbons (Fsp3) is 0.562. The van der Waals surface area contributed by atoms with Gasteiger partial charge in [0.1, 0.15) is 11.6 Å². The number of hydrogen-bond donors (Lipinski definition) is 1. The van der Waals surface area contributed by atoms with Crippen LogP contribution in [0.3, 0.4) is 0 Å². The molecule has 2 rings (SSSR count). The molecule has 21 heavy (non-hydrogen) atoms. The molecule has 0 bridgehead atoms. The molecular weight excluding hydrogens is 293 g/mol. The lowest BCUT2D eigenvalue weighted by molar-refractivity contribution is -0.128. The largest absolute Gasteiger partial charge is 0.479 e. The van der Waals surface area contributed by atoms with Gasteiger partial charge >= 0.3 is 0 Å². The lowest BCUT2D eigenvalue weighted by Gasteiger charge is -2.28. The Morgan fingerprint density at radius 1 is 1.38 bits per heavy atom. The summed E-state index contributed by atoms with van der Waals surface area (Å²) in [6.07, 6.45) is 3.65. The Bertz CT molecular complexity index is 501. The second-order valence-electron chi connectivity index (χ2n) is 5.80. The average Bonchev–Trinajstić information content (AvgIpc) is 2.44. The number of carbonyl (C=O) groups is 1. The van der Waals surface area contributed by atoms with Crippen molar-refractivity contribution in [1.82, 2.24) is 5.32 Å². The van der Waals surface area contributed by atoms with E-state index in [-0.39, 0.29) is 17.0 Å². The molecule has 1 aliphatic carbocycles. The van der Waals surface area contributed by atoms with Crippen LogP contribution in [0.5, 0.6) is 5.75 Å². The molecule has 3 nitrogen and oxygen atoms in total. The van der Waals surface area contributed by atoms with Crippen LogP contribution in [0.1, 0.15) is 39.5 Å². The van der Waals surface area contributed by atoms with Crippen LogP contribution in [0.15, 0.2) is 18.2 Å². The summed E-state index contributed by atoms with van der Waals surface area (Å²) >= 11 is 5.89. The number of amides is 1. The Labute approximate surface area is 129 Å². The summed E-state index contributed by atoms with van der Waals surface area (Å²) in [5.74, 6) is 0.471. The molecule has 0 heterocycles. The molecule has 0 saturated heterocycles. The third-order valence-corrected chi connectivity index (χ3v) is 4.22. The highest BCUT2D eigenvalue weighted by molar-refractivity contribution is 6.32. The number of carbonyl (C=O) groups excluding carboxylic acids is 1. The number of benzene rings is 1. The maximum atomic E-state index is 13.0. The monoisotopic (exact) mass is 313 g/mol. The predicted molar refractivity (Wildman–Crippen MR) is 81.1 cm³/mol. The van der Waals surface area contributed by atoms with Gasteiger partial charge < -0.3 is 10.1 Å². The van der Waals surface area contributed by atoms with Crippen molar-refractivity contribution in [3.8, 4) is 5.75 Å². The first-order chi connectivity index (χ1) is 9.95. The van der Waals surface area contributed by atoms with Crippen LogP contribution < -0.4 is 10.1 Å². The van der Waals surface area contributed by atoms with E-state index < -0.39 is 11.9 Å². The zero-order valence-corrected chi connectivity index (χ0v) is 13.1. The minimum Gasteiger partial charge on any atom is -0.479 e. The van der Waals surface area contributed by atoms with Gasteiger partial charge in [-0.3, -0.25) is 4.79 Å². The van der Waals surface area contributed by atoms with Gasteiger partial charge in [0.05, 0.1) is 5.02 Å². The fourth-order valence-corrected chi connectivity index (χ4v) is 2.75. The summed E-state index contributed by atoms with van der Waals surface area (Å²) in [6.45, 7) is 3.90. The van der Waals surface area contributed by atoms with E-state index in [1.54, 1.807) is 6.92 Å². The van der Waals surface area contributed by atoms with Gasteiger partial charge in [-0.15, -0.1) is 0 Å². The van der Waals surface area contributed by atoms with Gasteiger partial charge in [-0.2, -0.15) is 0 Å². The molecule has 0 spiro atoms. The lowest BCUT2D eigenvalue weighted by Crippen LogP contribution is -2.43. The third-order valence-electron chi connectivity index (χ3n) is 3.93. The Hall–Kier alpha value is -1.29. The van der Waals surface area contributed by atoms with Crippen LogP contribution in [-0.4, -0.2) is 18.1 Å². The number of hydrogen-bond acceptors (Lipinski definition) is 2. The molecule has 1 saturated carbocycles. The topological polar surface area (TPSA) is 38.3 Å². The van der Waals surface area contributed by atoms with Crippen LogP contribution in [0, 0.1) is 11.7 Å². The van der Waals surface area contributed by atoms with E-state index >= 15 is 0 Å². The minimum absolute atomic E-state index is 0.157. The fourth-order valence-electron chi connectivity index (χ4n) is 2.54. The van der Waals surface area contributed by atoms with Gasteiger partial charge in [-0.25, -0.2) is 4.39 Å². The number of nitrogens with one attached hydrogen (secondary N) is 1. The van der Waals surface area contributed by atoms with Crippen molar-refractivity contribution in [3.63, 3.8) is 0 Å². The van der Waals surface area contributed by atoms with Gasteiger partial charge in [-0.1, -0.05) is 18.5 Å². The predicted octanol–water partition coefficient (Wildman–Crippen LogP) is 3.94. The first-order valence-corrected chi connectivity index (χ1v) is 7.75. The van der Waals surface area contributed by atoms with Crippen LogP contribution in [-0.2, 0) is 4.79 Å². The van der Waals surface area contributed by atoms with Crippen molar-refractivity contribution >= 4 is 17.5 Å². The molecule has 1 aromatic rings. The van der Waals surface area contributed by atoms with Gasteiger partial charge in [0, 0.05) is 6.04 Å². The maximum absolute atomic E-state index is 13.0. The van der Waals surface area contributed by atoms with E-state index in [1.807, 2.05) is 0 Å². The van der Waals surface area contributed by atoms with E-state index in [4.69, 9.17) is 16.3 Å². The highest BCUT2D eigenvalue weighted by Gasteiger charge is 2.23. The second-order valence-corrected chi connectivity index (χ2v) is 6.21. The highest BCUT2D eigenvalue weighted by Crippen LogP contribution is 2.26. The summed E-state index contributed by atoms with van der Waals surface area (Å²) < 4.78 is 18.5. The zero-order valence-electron chi connectivity index (χ0n) is 12.4. The number of halogens is 2. The average molecular weight is 314 g/mol. The number of ether oxygens (including phenoxy) is 1. The molecule has 1 unspecified atom stereocenters. The van der Waals surface area contributed by atoms with E-state index in [1.165, 1.54) is 18.2 Å². The standard InChI is InChI=1S/C16H21ClFNO2/c1-10-3-6-13(7-4-10)19-16(20)11(2)21-15-8-5-12(18)9-14(15)17/h5,8-11,13H,3-4,6-7H2,1-2H3,(H,19,20). The van der Waals surface area contributed by atoms with Gasteiger partial charge in [0.15, 0.2) is 6.10 Å². The van der Waals surface area contributed by atoms with Crippen molar-refractivity contribution < 1.29 is 13.9 Å². The summed E-state index contributed by atoms with van der Waals surface area (Å²) in [6, 6.07) is 4.09. The molecule has 0 aliphatic heterocycles. The second kappa shape index (κ2) is 7.12. The van der Waals surface area contributed by atoms with Crippen LogP contribution in [0.4, 0.5) is 4.39 Å². The van der Waals surface area contributed by atoms with Crippen molar-refractivity contribution in [2.75, 3.05) is 0 Å². The van der Waals surface area contributed by atoms with E-state index in [0.717, 1.165) is 31.6 Å². The summed E-state index contributed by atoms with van der Waals surface area (Å²) in [7, 11) is 0. The molecule has 5 heteroatoms. The Balaban J connectivity index is 1.87. The Kier molecular flexibility index (Phi) is 5.45. The van der Waals surface area contributed by atoms with Crippen LogP contribution in [0.25, 0.3) is 0 Å². The molecule has 1 N–H and O–H groups in total. The van der Waals surface area contributed by atoms with Crippen molar-refractivity contribution in [3.05, 3.63) is 29.0 Å². The minimum atomic E-state index is -0.660. The van der Waals surface area contributed by atoms with Crippen molar-refractivity contribution in [2.24, 2.45) is 5.92 Å². The Morgan fingerprint density at radius 2 is 2.05 bits per heavy atom. The summed E-state index contributed by atoms with van der Waals surface area (Å²) in [5, 5.41) is 3.18.